The second-order valence-corrected chi connectivity index (χ2v) is 11.8. The van der Waals surface area contributed by atoms with Crippen LogP contribution in [0.4, 0.5) is 18.9 Å². The van der Waals surface area contributed by atoms with Crippen molar-refractivity contribution in [3.8, 4) is 17.2 Å². The van der Waals surface area contributed by atoms with Crippen LogP contribution >= 0.6 is 11.6 Å². The number of aromatic nitrogens is 1. The van der Waals surface area contributed by atoms with Gasteiger partial charge in [0.1, 0.15) is 30.4 Å². The average molecular weight is 652 g/mol. The van der Waals surface area contributed by atoms with E-state index < -0.39 is 34.5 Å². The zero-order valence-corrected chi connectivity index (χ0v) is 25.5. The molecule has 0 aliphatic rings. The fourth-order valence-corrected chi connectivity index (χ4v) is 5.51. The van der Waals surface area contributed by atoms with Crippen molar-refractivity contribution in [3.05, 3.63) is 99.9 Å². The summed E-state index contributed by atoms with van der Waals surface area (Å²) in [5.74, 6) is 0.349. The quantitative estimate of drug-likeness (QED) is 0.165. The van der Waals surface area contributed by atoms with Crippen molar-refractivity contribution in [1.29, 1.82) is 0 Å². The van der Waals surface area contributed by atoms with Gasteiger partial charge in [-0.25, -0.2) is 4.98 Å². The molecule has 44 heavy (non-hydrogen) atoms. The minimum Gasteiger partial charge on any atom is -0.487 e. The fourth-order valence-electron chi connectivity index (χ4n) is 4.06. The number of aryl methyl sites for hydroxylation is 2. The lowest BCUT2D eigenvalue weighted by atomic mass is 10.1. The van der Waals surface area contributed by atoms with Gasteiger partial charge in [0.05, 0.1) is 17.9 Å². The van der Waals surface area contributed by atoms with Gasteiger partial charge < -0.3 is 13.9 Å². The highest BCUT2D eigenvalue weighted by Crippen LogP contribution is 2.31. The summed E-state index contributed by atoms with van der Waals surface area (Å²) in [7, 11) is -4.18. The molecule has 0 atom stereocenters. The summed E-state index contributed by atoms with van der Waals surface area (Å²) in [4.78, 5) is 16.6. The highest BCUT2D eigenvalue weighted by Gasteiger charge is 2.30. The molecule has 3 aromatic carbocycles. The Morgan fingerprint density at radius 1 is 1.05 bits per heavy atom. The Morgan fingerprint density at radius 2 is 1.73 bits per heavy atom. The van der Waals surface area contributed by atoms with E-state index in [1.807, 2.05) is 0 Å². The van der Waals surface area contributed by atoms with Gasteiger partial charge in [-0.15, -0.1) is 0 Å². The maximum absolute atomic E-state index is 13.3. The summed E-state index contributed by atoms with van der Waals surface area (Å²) in [6.07, 6.45) is -4.44. The maximum atomic E-state index is 13.3. The molecule has 0 aliphatic carbocycles. The monoisotopic (exact) mass is 651 g/mol. The van der Waals surface area contributed by atoms with Crippen molar-refractivity contribution in [2.75, 3.05) is 17.9 Å². The second kappa shape index (κ2) is 13.7. The number of carbonyl (C=O) groups is 1. The van der Waals surface area contributed by atoms with Crippen molar-refractivity contribution < 1.29 is 40.3 Å². The standard InChI is InChI=1S/C30H29ClF3N3O6S/c1-4-41-28(38)17-37(44(39,40)36-26-14-11-24(31)15-19(26)2)16-21-5-12-25(13-6-21)42-18-27-20(3)43-29(35-27)22-7-9-23(10-8-22)30(32,33)34/h5-15,36H,4,16-18H2,1-3H3. The van der Waals surface area contributed by atoms with E-state index in [9.17, 15) is 26.4 Å². The SMILES string of the molecule is CCOC(=O)CN(Cc1ccc(OCc2nc(-c3ccc(C(F)(F)F)cc3)oc2C)cc1)S(=O)(=O)Nc1ccc(Cl)cc1C. The Hall–Kier alpha value is -4.07. The first-order chi connectivity index (χ1) is 20.7. The topological polar surface area (TPSA) is 111 Å². The Morgan fingerprint density at radius 3 is 2.34 bits per heavy atom. The molecule has 0 bridgehead atoms. The van der Waals surface area contributed by atoms with Crippen LogP contribution in [-0.2, 0) is 39.1 Å². The number of anilines is 1. The molecule has 234 valence electrons. The molecular formula is C30H29ClF3N3O6S. The zero-order chi connectivity index (χ0) is 32.1. The number of esters is 1. The van der Waals surface area contributed by atoms with Gasteiger partial charge in [-0.2, -0.15) is 25.9 Å². The summed E-state index contributed by atoms with van der Waals surface area (Å²) >= 11 is 5.98. The van der Waals surface area contributed by atoms with E-state index in [1.165, 1.54) is 18.2 Å². The molecule has 0 amide bonds. The largest absolute Gasteiger partial charge is 0.487 e. The molecule has 4 aromatic rings. The van der Waals surface area contributed by atoms with Crippen LogP contribution in [-0.4, -0.2) is 36.8 Å². The van der Waals surface area contributed by atoms with Crippen molar-refractivity contribution >= 4 is 33.5 Å². The number of carbonyl (C=O) groups excluding carboxylic acids is 1. The minimum atomic E-state index is -4.44. The van der Waals surface area contributed by atoms with Crippen molar-refractivity contribution in [3.63, 3.8) is 0 Å². The van der Waals surface area contributed by atoms with Crippen LogP contribution in [0, 0.1) is 13.8 Å². The van der Waals surface area contributed by atoms with Gasteiger partial charge in [0.15, 0.2) is 0 Å². The number of hydrogen-bond acceptors (Lipinski definition) is 7. The van der Waals surface area contributed by atoms with E-state index in [0.29, 0.717) is 44.6 Å². The third-order valence-corrected chi connectivity index (χ3v) is 8.04. The lowest BCUT2D eigenvalue weighted by Crippen LogP contribution is -2.39. The van der Waals surface area contributed by atoms with Crippen LogP contribution in [0.25, 0.3) is 11.5 Å². The van der Waals surface area contributed by atoms with E-state index in [1.54, 1.807) is 57.2 Å². The predicted octanol–water partition coefficient (Wildman–Crippen LogP) is 6.93. The normalized spacial score (nSPS) is 11.9. The molecule has 1 heterocycles. The first-order valence-electron chi connectivity index (χ1n) is 13.3. The predicted molar refractivity (Wildman–Crippen MR) is 158 cm³/mol. The number of rotatable bonds is 12. The van der Waals surface area contributed by atoms with Crippen LogP contribution in [0.3, 0.4) is 0 Å². The molecule has 0 saturated carbocycles. The molecule has 0 spiro atoms. The summed E-state index contributed by atoms with van der Waals surface area (Å²) in [5, 5.41) is 0.453. The second-order valence-electron chi connectivity index (χ2n) is 9.67. The van der Waals surface area contributed by atoms with Crippen LogP contribution in [0.2, 0.25) is 5.02 Å². The first-order valence-corrected chi connectivity index (χ1v) is 15.1. The van der Waals surface area contributed by atoms with E-state index in [0.717, 1.165) is 16.4 Å². The Balaban J connectivity index is 1.43. The van der Waals surface area contributed by atoms with Gasteiger partial charge in [0.2, 0.25) is 5.89 Å². The maximum Gasteiger partial charge on any atom is 0.416 e. The number of hydrogen-bond donors (Lipinski definition) is 1. The lowest BCUT2D eigenvalue weighted by Gasteiger charge is -2.23. The fraction of sp³-hybridized carbons (Fsp3) is 0.267. The van der Waals surface area contributed by atoms with Crippen molar-refractivity contribution in [2.45, 2.75) is 40.1 Å². The Kier molecular flexibility index (Phi) is 10.2. The number of nitrogens with one attached hydrogen (secondary N) is 1. The Bertz CT molecular complexity index is 1710. The lowest BCUT2D eigenvalue weighted by molar-refractivity contribution is -0.143. The zero-order valence-electron chi connectivity index (χ0n) is 23.9. The number of alkyl halides is 3. The molecule has 0 radical (unpaired) electrons. The van der Waals surface area contributed by atoms with E-state index in [2.05, 4.69) is 9.71 Å². The first kappa shape index (κ1) is 32.8. The summed E-state index contributed by atoms with van der Waals surface area (Å²) in [5.41, 5.74) is 1.57. The molecule has 9 nitrogen and oxygen atoms in total. The number of benzene rings is 3. The molecular weight excluding hydrogens is 623 g/mol. The van der Waals surface area contributed by atoms with Crippen molar-refractivity contribution in [2.24, 2.45) is 0 Å². The van der Waals surface area contributed by atoms with E-state index in [4.69, 9.17) is 25.5 Å². The van der Waals surface area contributed by atoms with Gasteiger partial charge in [-0.1, -0.05) is 23.7 Å². The third-order valence-electron chi connectivity index (χ3n) is 6.39. The average Bonchev–Trinajstić information content (AvgIpc) is 3.33. The summed E-state index contributed by atoms with van der Waals surface area (Å²) < 4.78 is 85.1. The van der Waals surface area contributed by atoms with Gasteiger partial charge in [-0.3, -0.25) is 9.52 Å². The summed E-state index contributed by atoms with van der Waals surface area (Å²) in [6, 6.07) is 15.8. The van der Waals surface area contributed by atoms with Gasteiger partial charge in [0.25, 0.3) is 0 Å². The minimum absolute atomic E-state index is 0.0169. The molecule has 4 rings (SSSR count). The molecule has 1 aromatic heterocycles. The van der Waals surface area contributed by atoms with Crippen LogP contribution < -0.4 is 9.46 Å². The number of nitrogens with zero attached hydrogens (tertiary/aromatic N) is 2. The third kappa shape index (κ3) is 8.52. The van der Waals surface area contributed by atoms with Gasteiger partial charge >= 0.3 is 22.4 Å². The molecule has 0 saturated heterocycles. The highest BCUT2D eigenvalue weighted by atomic mass is 35.5. The highest BCUT2D eigenvalue weighted by molar-refractivity contribution is 7.90. The van der Waals surface area contributed by atoms with E-state index in [-0.39, 0.29) is 25.6 Å². The van der Waals surface area contributed by atoms with E-state index >= 15 is 0 Å². The van der Waals surface area contributed by atoms with Crippen LogP contribution in [0.15, 0.2) is 71.1 Å². The van der Waals surface area contributed by atoms with Crippen LogP contribution in [0.1, 0.15) is 35.1 Å². The Labute approximate surface area is 257 Å². The number of ether oxygens (including phenoxy) is 2. The number of oxazole rings is 1. The summed E-state index contributed by atoms with van der Waals surface area (Å²) in [6.45, 7) is 4.46. The van der Waals surface area contributed by atoms with Crippen molar-refractivity contribution in [1.82, 2.24) is 9.29 Å². The molecule has 0 unspecified atom stereocenters. The molecule has 0 aliphatic heterocycles. The van der Waals surface area contributed by atoms with Crippen LogP contribution in [0.5, 0.6) is 5.75 Å². The molecule has 14 heteroatoms. The molecule has 0 fully saturated rings. The smallest absolute Gasteiger partial charge is 0.416 e. The number of halogens is 4. The van der Waals surface area contributed by atoms with Gasteiger partial charge in [0, 0.05) is 17.1 Å². The van der Waals surface area contributed by atoms with Gasteiger partial charge in [-0.05, 0) is 86.5 Å². The molecule has 1 N–H and O–H groups in total.